The number of hydrogen-bond acceptors (Lipinski definition) is 4. The van der Waals surface area contributed by atoms with Gasteiger partial charge < -0.3 is 10.2 Å². The standard InChI is InChI=1S/C25H32N4O/c1-4-19(3)26-24(30)16-18-29(17-15-20-11-7-6-8-12-20)25-21-13-9-10-14-22(21)27-23(5-2)28-25/h6-14,19H,4-5,15-18H2,1-3H3,(H,26,30)/t19-/m0/s1. The summed E-state index contributed by atoms with van der Waals surface area (Å²) in [5.74, 6) is 1.84. The highest BCUT2D eigenvalue weighted by molar-refractivity contribution is 5.89. The topological polar surface area (TPSA) is 58.1 Å². The summed E-state index contributed by atoms with van der Waals surface area (Å²) in [6, 6.07) is 18.8. The molecule has 158 valence electrons. The molecule has 0 saturated carbocycles. The van der Waals surface area contributed by atoms with E-state index in [2.05, 4.69) is 59.4 Å². The zero-order valence-electron chi connectivity index (χ0n) is 18.3. The number of fused-ring (bicyclic) bond motifs is 1. The average molecular weight is 405 g/mol. The minimum atomic E-state index is 0.0862. The fraction of sp³-hybridized carbons (Fsp3) is 0.400. The normalized spacial score (nSPS) is 12.0. The van der Waals surface area contributed by atoms with Crippen LogP contribution in [-0.2, 0) is 17.6 Å². The van der Waals surface area contributed by atoms with E-state index in [4.69, 9.17) is 4.98 Å². The summed E-state index contributed by atoms with van der Waals surface area (Å²) in [7, 11) is 0. The van der Waals surface area contributed by atoms with E-state index in [0.717, 1.165) is 48.4 Å². The lowest BCUT2D eigenvalue weighted by Crippen LogP contribution is -2.36. The minimum absolute atomic E-state index is 0.0862. The molecule has 0 unspecified atom stereocenters. The molecule has 0 radical (unpaired) electrons. The van der Waals surface area contributed by atoms with Crippen LogP contribution >= 0.6 is 0 Å². The van der Waals surface area contributed by atoms with Gasteiger partial charge in [-0.1, -0.05) is 56.3 Å². The maximum Gasteiger partial charge on any atom is 0.221 e. The van der Waals surface area contributed by atoms with E-state index in [-0.39, 0.29) is 11.9 Å². The molecule has 0 fully saturated rings. The Morgan fingerprint density at radius 2 is 1.73 bits per heavy atom. The average Bonchev–Trinajstić information content (AvgIpc) is 2.79. The third-order valence-corrected chi connectivity index (χ3v) is 5.39. The molecule has 1 heterocycles. The van der Waals surface area contributed by atoms with Gasteiger partial charge in [0.05, 0.1) is 5.52 Å². The van der Waals surface area contributed by atoms with Crippen molar-refractivity contribution in [3.05, 3.63) is 66.0 Å². The number of nitrogens with zero attached hydrogens (tertiary/aromatic N) is 3. The molecular formula is C25H32N4O. The van der Waals surface area contributed by atoms with E-state index >= 15 is 0 Å². The Balaban J connectivity index is 1.86. The molecule has 0 aliphatic heterocycles. The predicted octanol–water partition coefficient (Wildman–Crippen LogP) is 4.55. The molecule has 1 atom stereocenters. The highest BCUT2D eigenvalue weighted by atomic mass is 16.1. The van der Waals surface area contributed by atoms with Crippen molar-refractivity contribution < 1.29 is 4.79 Å². The fourth-order valence-corrected chi connectivity index (χ4v) is 3.42. The molecule has 30 heavy (non-hydrogen) atoms. The zero-order chi connectivity index (χ0) is 21.3. The number of benzene rings is 2. The summed E-state index contributed by atoms with van der Waals surface area (Å²) in [5, 5.41) is 4.10. The van der Waals surface area contributed by atoms with E-state index in [0.29, 0.717) is 13.0 Å². The van der Waals surface area contributed by atoms with Crippen LogP contribution in [0, 0.1) is 0 Å². The monoisotopic (exact) mass is 404 g/mol. The summed E-state index contributed by atoms with van der Waals surface area (Å²) in [6.45, 7) is 7.61. The number of hydrogen-bond donors (Lipinski definition) is 1. The third kappa shape index (κ3) is 5.78. The molecule has 0 spiro atoms. The van der Waals surface area contributed by atoms with Gasteiger partial charge in [-0.3, -0.25) is 4.79 Å². The van der Waals surface area contributed by atoms with Crippen LogP contribution in [0.25, 0.3) is 10.9 Å². The van der Waals surface area contributed by atoms with Gasteiger partial charge in [-0.05, 0) is 37.5 Å². The Bertz CT molecular complexity index is 958. The molecule has 3 aromatic rings. The van der Waals surface area contributed by atoms with E-state index in [9.17, 15) is 4.79 Å². The van der Waals surface area contributed by atoms with E-state index in [1.807, 2.05) is 31.2 Å². The number of carbonyl (C=O) groups is 1. The minimum Gasteiger partial charge on any atom is -0.355 e. The van der Waals surface area contributed by atoms with Crippen LogP contribution in [-0.4, -0.2) is 35.0 Å². The van der Waals surface area contributed by atoms with E-state index < -0.39 is 0 Å². The number of amides is 1. The Kier molecular flexibility index (Phi) is 7.77. The molecular weight excluding hydrogens is 372 g/mol. The Hall–Kier alpha value is -2.95. The highest BCUT2D eigenvalue weighted by Crippen LogP contribution is 2.24. The van der Waals surface area contributed by atoms with Crippen molar-refractivity contribution in [1.82, 2.24) is 15.3 Å². The van der Waals surface area contributed by atoms with Crippen molar-refractivity contribution in [2.75, 3.05) is 18.0 Å². The van der Waals surface area contributed by atoms with Crippen LogP contribution in [0.15, 0.2) is 54.6 Å². The van der Waals surface area contributed by atoms with Crippen LogP contribution in [0.5, 0.6) is 0 Å². The lowest BCUT2D eigenvalue weighted by atomic mass is 10.1. The SMILES string of the molecule is CCc1nc(N(CCC(=O)N[C@@H](C)CC)CCc2ccccc2)c2ccccc2n1. The van der Waals surface area contributed by atoms with Crippen molar-refractivity contribution in [2.24, 2.45) is 0 Å². The van der Waals surface area contributed by atoms with Gasteiger partial charge >= 0.3 is 0 Å². The van der Waals surface area contributed by atoms with Crippen molar-refractivity contribution >= 4 is 22.6 Å². The van der Waals surface area contributed by atoms with E-state index in [1.54, 1.807) is 0 Å². The zero-order valence-corrected chi connectivity index (χ0v) is 18.3. The third-order valence-electron chi connectivity index (χ3n) is 5.39. The second-order valence-corrected chi connectivity index (χ2v) is 7.68. The number of para-hydroxylation sites is 1. The smallest absolute Gasteiger partial charge is 0.221 e. The number of anilines is 1. The van der Waals surface area contributed by atoms with Gasteiger partial charge in [-0.2, -0.15) is 0 Å². The molecule has 0 bridgehead atoms. The highest BCUT2D eigenvalue weighted by Gasteiger charge is 2.16. The molecule has 2 aromatic carbocycles. The van der Waals surface area contributed by atoms with Crippen LogP contribution in [0.4, 0.5) is 5.82 Å². The second kappa shape index (κ2) is 10.7. The van der Waals surface area contributed by atoms with Gasteiger partial charge in [0.2, 0.25) is 5.91 Å². The molecule has 3 rings (SSSR count). The lowest BCUT2D eigenvalue weighted by molar-refractivity contribution is -0.121. The van der Waals surface area contributed by atoms with Crippen LogP contribution in [0.1, 0.15) is 45.0 Å². The first kappa shape index (κ1) is 21.8. The van der Waals surface area contributed by atoms with Crippen molar-refractivity contribution in [1.29, 1.82) is 0 Å². The maximum atomic E-state index is 12.4. The van der Waals surface area contributed by atoms with Gasteiger partial charge in [0, 0.05) is 37.4 Å². The van der Waals surface area contributed by atoms with Crippen molar-refractivity contribution in [3.63, 3.8) is 0 Å². The molecule has 5 heteroatoms. The number of aromatic nitrogens is 2. The predicted molar refractivity (Wildman–Crippen MR) is 124 cm³/mol. The maximum absolute atomic E-state index is 12.4. The van der Waals surface area contributed by atoms with Crippen LogP contribution in [0.2, 0.25) is 0 Å². The van der Waals surface area contributed by atoms with Gasteiger partial charge in [-0.25, -0.2) is 9.97 Å². The number of nitrogens with one attached hydrogen (secondary N) is 1. The molecule has 0 aliphatic rings. The second-order valence-electron chi connectivity index (χ2n) is 7.68. The Labute approximate surface area is 179 Å². The summed E-state index contributed by atoms with van der Waals surface area (Å²) in [4.78, 5) is 24.2. The number of carbonyl (C=O) groups excluding carboxylic acids is 1. The Morgan fingerprint density at radius 3 is 2.47 bits per heavy atom. The Morgan fingerprint density at radius 1 is 1.00 bits per heavy atom. The van der Waals surface area contributed by atoms with Gasteiger partial charge in [0.1, 0.15) is 11.6 Å². The fourth-order valence-electron chi connectivity index (χ4n) is 3.42. The molecule has 1 aromatic heterocycles. The van der Waals surface area contributed by atoms with Crippen molar-refractivity contribution in [2.45, 2.75) is 52.5 Å². The molecule has 0 aliphatic carbocycles. The quantitative estimate of drug-likeness (QED) is 0.539. The first-order chi connectivity index (χ1) is 14.6. The van der Waals surface area contributed by atoms with Gasteiger partial charge in [0.15, 0.2) is 0 Å². The lowest BCUT2D eigenvalue weighted by Gasteiger charge is -2.26. The largest absolute Gasteiger partial charge is 0.355 e. The molecule has 1 N–H and O–H groups in total. The summed E-state index contributed by atoms with van der Waals surface area (Å²) in [5.41, 5.74) is 2.23. The van der Waals surface area contributed by atoms with Crippen molar-refractivity contribution in [3.8, 4) is 0 Å². The molecule has 0 saturated heterocycles. The molecule has 1 amide bonds. The molecule has 5 nitrogen and oxygen atoms in total. The van der Waals surface area contributed by atoms with Crippen LogP contribution in [0.3, 0.4) is 0 Å². The number of aryl methyl sites for hydroxylation is 1. The first-order valence-electron chi connectivity index (χ1n) is 10.9. The summed E-state index contributed by atoms with van der Waals surface area (Å²) in [6.07, 6.45) is 3.05. The van der Waals surface area contributed by atoms with Gasteiger partial charge in [-0.15, -0.1) is 0 Å². The summed E-state index contributed by atoms with van der Waals surface area (Å²) < 4.78 is 0. The van der Waals surface area contributed by atoms with Crippen LogP contribution < -0.4 is 10.2 Å². The summed E-state index contributed by atoms with van der Waals surface area (Å²) >= 11 is 0. The van der Waals surface area contributed by atoms with E-state index in [1.165, 1.54) is 5.56 Å². The number of rotatable bonds is 10. The van der Waals surface area contributed by atoms with Gasteiger partial charge in [0.25, 0.3) is 0 Å². The first-order valence-corrected chi connectivity index (χ1v) is 10.9.